The number of hydrogen-bond donors (Lipinski definition) is 0. The van der Waals surface area contributed by atoms with Crippen LogP contribution in [0, 0.1) is 18.3 Å². The number of aromatic nitrogens is 2. The van der Waals surface area contributed by atoms with E-state index in [0.717, 1.165) is 28.3 Å². The molecule has 0 aliphatic carbocycles. The van der Waals surface area contributed by atoms with Crippen molar-refractivity contribution in [1.29, 1.82) is 5.26 Å². The Bertz CT molecular complexity index is 1190. The number of aliphatic imine (C=N–C) groups is 1. The van der Waals surface area contributed by atoms with Gasteiger partial charge in [-0.3, -0.25) is 0 Å². The van der Waals surface area contributed by atoms with Crippen molar-refractivity contribution in [3.8, 4) is 23.4 Å². The second-order valence-electron chi connectivity index (χ2n) is 7.40. The molecule has 1 aromatic heterocycles. The normalized spacial score (nSPS) is 15.4. The largest absolute Gasteiger partial charge is 0.497 e. The highest BCUT2D eigenvalue weighted by Crippen LogP contribution is 2.45. The van der Waals surface area contributed by atoms with E-state index in [-0.39, 0.29) is 11.8 Å². The monoisotopic (exact) mass is 413 g/mol. The smallest absolute Gasteiger partial charge is 0.237 e. The van der Waals surface area contributed by atoms with E-state index >= 15 is 0 Å². The van der Waals surface area contributed by atoms with Gasteiger partial charge in [0.15, 0.2) is 0 Å². The highest BCUT2D eigenvalue weighted by Gasteiger charge is 2.36. The topological polar surface area (TPSA) is 75.7 Å². The first-order valence-corrected chi connectivity index (χ1v) is 9.85. The molecule has 4 rings (SSSR count). The van der Waals surface area contributed by atoms with Crippen LogP contribution in [0.3, 0.4) is 0 Å². The Balaban J connectivity index is 1.95. The van der Waals surface area contributed by atoms with Crippen molar-refractivity contribution >= 4 is 6.34 Å². The summed E-state index contributed by atoms with van der Waals surface area (Å²) in [4.78, 5) is 6.25. The Hall–Kier alpha value is -4.05. The second kappa shape index (κ2) is 8.36. The average molecular weight is 413 g/mol. The number of ether oxygens (including phenoxy) is 2. The number of fused-ring (bicyclic) bond motifs is 1. The summed E-state index contributed by atoms with van der Waals surface area (Å²) in [5, 5.41) is 14.8. The van der Waals surface area contributed by atoms with Gasteiger partial charge in [-0.2, -0.15) is 10.4 Å². The molecule has 0 amide bonds. The standard InChI is InChI=1S/C24H23N5O2/c1-16-21-22(17-10-12-19(30-4)13-11-17)20(14-25)23(26-15-28(2)3)31-24(21)29(27-16)18-8-6-5-7-9-18/h5-13,15,22H,1-4H3/b26-15+. The van der Waals surface area contributed by atoms with Gasteiger partial charge >= 0.3 is 0 Å². The minimum atomic E-state index is -0.355. The molecule has 1 unspecified atom stereocenters. The molecule has 0 bridgehead atoms. The Labute approximate surface area is 181 Å². The number of nitrogens with zero attached hydrogens (tertiary/aromatic N) is 5. The quantitative estimate of drug-likeness (QED) is 0.466. The van der Waals surface area contributed by atoms with E-state index in [9.17, 15) is 5.26 Å². The summed E-state index contributed by atoms with van der Waals surface area (Å²) in [6.45, 7) is 1.93. The van der Waals surface area contributed by atoms with Gasteiger partial charge in [0.2, 0.25) is 11.8 Å². The van der Waals surface area contributed by atoms with Crippen LogP contribution >= 0.6 is 0 Å². The molecule has 1 aliphatic rings. The molecule has 0 fully saturated rings. The Morgan fingerprint density at radius 1 is 1.16 bits per heavy atom. The number of aryl methyl sites for hydroxylation is 1. The van der Waals surface area contributed by atoms with Crippen LogP contribution in [0.5, 0.6) is 11.6 Å². The molecular formula is C24H23N5O2. The number of benzene rings is 2. The van der Waals surface area contributed by atoms with E-state index in [1.54, 1.807) is 23.0 Å². The number of hydrogen-bond acceptors (Lipinski definition) is 5. The number of nitriles is 1. The summed E-state index contributed by atoms with van der Waals surface area (Å²) < 4.78 is 13.3. The van der Waals surface area contributed by atoms with Gasteiger partial charge in [-0.1, -0.05) is 30.3 Å². The molecule has 0 saturated carbocycles. The lowest BCUT2D eigenvalue weighted by molar-refractivity contribution is 0.367. The molecule has 156 valence electrons. The minimum Gasteiger partial charge on any atom is -0.497 e. The zero-order valence-corrected chi connectivity index (χ0v) is 17.9. The Morgan fingerprint density at radius 3 is 2.48 bits per heavy atom. The molecule has 0 N–H and O–H groups in total. The maximum absolute atomic E-state index is 10.1. The summed E-state index contributed by atoms with van der Waals surface area (Å²) in [5.41, 5.74) is 3.90. The molecule has 31 heavy (non-hydrogen) atoms. The highest BCUT2D eigenvalue weighted by molar-refractivity contribution is 5.61. The lowest BCUT2D eigenvalue weighted by atomic mass is 9.84. The lowest BCUT2D eigenvalue weighted by Crippen LogP contribution is -2.18. The molecule has 0 radical (unpaired) electrons. The fourth-order valence-electron chi connectivity index (χ4n) is 3.61. The summed E-state index contributed by atoms with van der Waals surface area (Å²) in [6, 6.07) is 19.8. The van der Waals surface area contributed by atoms with Gasteiger partial charge in [0.1, 0.15) is 17.4 Å². The number of methoxy groups -OCH3 is 1. The first-order chi connectivity index (χ1) is 15.0. The third kappa shape index (κ3) is 3.76. The fraction of sp³-hybridized carbons (Fsp3) is 0.208. The SMILES string of the molecule is COc1ccc(C2C(C#N)=C(/N=C/N(C)C)Oc3c2c(C)nn3-c2ccccc2)cc1. The van der Waals surface area contributed by atoms with Crippen molar-refractivity contribution in [3.63, 3.8) is 0 Å². The predicted molar refractivity (Wildman–Crippen MR) is 119 cm³/mol. The number of rotatable bonds is 5. The third-order valence-electron chi connectivity index (χ3n) is 5.04. The van der Waals surface area contributed by atoms with E-state index < -0.39 is 0 Å². The van der Waals surface area contributed by atoms with Gasteiger partial charge in [0.05, 0.1) is 36.3 Å². The fourth-order valence-corrected chi connectivity index (χ4v) is 3.61. The van der Waals surface area contributed by atoms with Crippen LogP contribution in [-0.2, 0) is 0 Å². The van der Waals surface area contributed by atoms with Crippen LogP contribution in [0.2, 0.25) is 0 Å². The predicted octanol–water partition coefficient (Wildman–Crippen LogP) is 4.04. The molecule has 2 aromatic carbocycles. The molecule has 1 aliphatic heterocycles. The Kier molecular flexibility index (Phi) is 5.46. The van der Waals surface area contributed by atoms with Crippen molar-refractivity contribution in [1.82, 2.24) is 14.7 Å². The van der Waals surface area contributed by atoms with E-state index in [4.69, 9.17) is 14.6 Å². The van der Waals surface area contributed by atoms with Crippen molar-refractivity contribution in [2.24, 2.45) is 4.99 Å². The van der Waals surface area contributed by atoms with E-state index in [2.05, 4.69) is 11.1 Å². The van der Waals surface area contributed by atoms with Gasteiger partial charge in [-0.15, -0.1) is 0 Å². The van der Waals surface area contributed by atoms with Gasteiger partial charge < -0.3 is 14.4 Å². The van der Waals surface area contributed by atoms with Crippen LogP contribution in [0.1, 0.15) is 22.7 Å². The summed E-state index contributed by atoms with van der Waals surface area (Å²) in [5.74, 6) is 1.23. The van der Waals surface area contributed by atoms with E-state index in [1.165, 1.54) is 0 Å². The average Bonchev–Trinajstić information content (AvgIpc) is 3.13. The molecule has 7 nitrogen and oxygen atoms in total. The minimum absolute atomic E-state index is 0.265. The van der Waals surface area contributed by atoms with Crippen molar-refractivity contribution in [2.45, 2.75) is 12.8 Å². The molecule has 7 heteroatoms. The number of allylic oxidation sites excluding steroid dienone is 1. The van der Waals surface area contributed by atoms with Crippen molar-refractivity contribution in [2.75, 3.05) is 21.2 Å². The van der Waals surface area contributed by atoms with Crippen LogP contribution in [0.4, 0.5) is 0 Å². The first kappa shape index (κ1) is 20.2. The van der Waals surface area contributed by atoms with Crippen molar-refractivity contribution < 1.29 is 9.47 Å². The maximum atomic E-state index is 10.1. The van der Waals surface area contributed by atoms with E-state index in [0.29, 0.717) is 11.5 Å². The first-order valence-electron chi connectivity index (χ1n) is 9.85. The van der Waals surface area contributed by atoms with Gasteiger partial charge in [0, 0.05) is 14.1 Å². The van der Waals surface area contributed by atoms with Gasteiger partial charge in [0.25, 0.3) is 0 Å². The molecule has 1 atom stereocenters. The summed E-state index contributed by atoms with van der Waals surface area (Å²) in [7, 11) is 5.36. The van der Waals surface area contributed by atoms with Gasteiger partial charge in [-0.25, -0.2) is 9.67 Å². The van der Waals surface area contributed by atoms with E-state index in [1.807, 2.05) is 75.6 Å². The maximum Gasteiger partial charge on any atom is 0.237 e. The lowest BCUT2D eigenvalue weighted by Gasteiger charge is -2.25. The van der Waals surface area contributed by atoms with Crippen LogP contribution in [0.25, 0.3) is 5.69 Å². The zero-order valence-electron chi connectivity index (χ0n) is 17.9. The molecule has 2 heterocycles. The molecule has 3 aromatic rings. The third-order valence-corrected chi connectivity index (χ3v) is 5.04. The zero-order chi connectivity index (χ0) is 22.0. The molecular weight excluding hydrogens is 390 g/mol. The van der Waals surface area contributed by atoms with Crippen LogP contribution in [-0.4, -0.2) is 42.2 Å². The van der Waals surface area contributed by atoms with Crippen molar-refractivity contribution in [3.05, 3.63) is 82.9 Å². The highest BCUT2D eigenvalue weighted by atomic mass is 16.5. The molecule has 0 saturated heterocycles. The van der Waals surface area contributed by atoms with Crippen LogP contribution < -0.4 is 9.47 Å². The van der Waals surface area contributed by atoms with Gasteiger partial charge in [-0.05, 0) is 36.8 Å². The second-order valence-corrected chi connectivity index (χ2v) is 7.40. The van der Waals surface area contributed by atoms with Crippen LogP contribution in [0.15, 0.2) is 71.0 Å². The molecule has 0 spiro atoms. The number of para-hydroxylation sites is 1. The summed E-state index contributed by atoms with van der Waals surface area (Å²) in [6.07, 6.45) is 1.62. The Morgan fingerprint density at radius 2 is 1.87 bits per heavy atom. The summed E-state index contributed by atoms with van der Waals surface area (Å²) >= 11 is 0.